The number of nitrogens with zero attached hydrogens (tertiary/aromatic N) is 2. The highest BCUT2D eigenvalue weighted by molar-refractivity contribution is 6.27. The SMILES string of the molecule is C=C1NC(=O)C=NN1[C@@H]1C[C@H](CO)[C@H](O)C1O. The lowest BCUT2D eigenvalue weighted by Gasteiger charge is -2.31. The molecule has 17 heavy (non-hydrogen) atoms. The topological polar surface area (TPSA) is 105 Å². The summed E-state index contributed by atoms with van der Waals surface area (Å²) in [7, 11) is 0. The van der Waals surface area contributed by atoms with Crippen LogP contribution in [0.5, 0.6) is 0 Å². The maximum atomic E-state index is 11.0. The number of aliphatic hydroxyl groups is 3. The number of carbonyl (C=O) groups excluding carboxylic acids is 1. The average molecular weight is 241 g/mol. The number of hydrogen-bond donors (Lipinski definition) is 4. The van der Waals surface area contributed by atoms with E-state index in [1.54, 1.807) is 0 Å². The van der Waals surface area contributed by atoms with Gasteiger partial charge in [-0.1, -0.05) is 6.58 Å². The third kappa shape index (κ3) is 2.04. The summed E-state index contributed by atoms with van der Waals surface area (Å²) in [5.74, 6) is -0.513. The minimum Gasteiger partial charge on any atom is -0.396 e. The summed E-state index contributed by atoms with van der Waals surface area (Å²) in [6.07, 6.45) is -0.563. The molecule has 0 spiro atoms. The zero-order valence-corrected chi connectivity index (χ0v) is 9.15. The van der Waals surface area contributed by atoms with Crippen molar-refractivity contribution in [2.75, 3.05) is 6.61 Å². The number of nitrogens with one attached hydrogen (secondary N) is 1. The van der Waals surface area contributed by atoms with Crippen LogP contribution in [-0.4, -0.2) is 57.3 Å². The molecule has 94 valence electrons. The van der Waals surface area contributed by atoms with Gasteiger partial charge in [-0.25, -0.2) is 5.01 Å². The highest BCUT2D eigenvalue weighted by Crippen LogP contribution is 2.31. The number of hydrazone groups is 1. The van der Waals surface area contributed by atoms with Crippen LogP contribution in [0.1, 0.15) is 6.42 Å². The second kappa shape index (κ2) is 4.44. The Morgan fingerprint density at radius 3 is 2.76 bits per heavy atom. The summed E-state index contributed by atoms with van der Waals surface area (Å²) < 4.78 is 0. The fourth-order valence-electron chi connectivity index (χ4n) is 2.22. The van der Waals surface area contributed by atoms with Crippen LogP contribution in [0.15, 0.2) is 17.5 Å². The van der Waals surface area contributed by atoms with Crippen LogP contribution in [-0.2, 0) is 4.79 Å². The molecule has 1 unspecified atom stereocenters. The molecule has 1 heterocycles. The number of carbonyl (C=O) groups is 1. The Morgan fingerprint density at radius 1 is 1.53 bits per heavy atom. The molecule has 0 radical (unpaired) electrons. The second-order valence-electron chi connectivity index (χ2n) is 4.25. The van der Waals surface area contributed by atoms with E-state index in [1.165, 1.54) is 5.01 Å². The van der Waals surface area contributed by atoms with Gasteiger partial charge in [-0.05, 0) is 6.42 Å². The van der Waals surface area contributed by atoms with Gasteiger partial charge in [-0.3, -0.25) is 4.79 Å². The van der Waals surface area contributed by atoms with Gasteiger partial charge in [0.05, 0.1) is 12.1 Å². The number of hydrogen-bond acceptors (Lipinski definition) is 6. The van der Waals surface area contributed by atoms with E-state index in [9.17, 15) is 15.0 Å². The quantitative estimate of drug-likeness (QED) is 0.446. The molecule has 4 atom stereocenters. The summed E-state index contributed by atoms with van der Waals surface area (Å²) in [5, 5.41) is 36.3. The molecule has 0 saturated heterocycles. The lowest BCUT2D eigenvalue weighted by molar-refractivity contribution is -0.115. The molecule has 0 aromatic rings. The number of rotatable bonds is 2. The Balaban J connectivity index is 2.16. The monoisotopic (exact) mass is 241 g/mol. The third-order valence-electron chi connectivity index (χ3n) is 3.16. The first-order chi connectivity index (χ1) is 8.04. The summed E-state index contributed by atoms with van der Waals surface area (Å²) in [5.41, 5.74) is 0. The van der Waals surface area contributed by atoms with Gasteiger partial charge in [0.2, 0.25) is 0 Å². The summed E-state index contributed by atoms with van der Waals surface area (Å²) in [6, 6.07) is -0.494. The molecular weight excluding hydrogens is 226 g/mol. The minimum absolute atomic E-state index is 0.203. The van der Waals surface area contributed by atoms with E-state index in [1.807, 2.05) is 0 Å². The van der Waals surface area contributed by atoms with Crippen molar-refractivity contribution >= 4 is 12.1 Å². The van der Waals surface area contributed by atoms with Crippen molar-refractivity contribution in [3.63, 3.8) is 0 Å². The van der Waals surface area contributed by atoms with E-state index in [0.717, 1.165) is 6.21 Å². The molecule has 1 aliphatic heterocycles. The van der Waals surface area contributed by atoms with Crippen LogP contribution in [0.2, 0.25) is 0 Å². The molecule has 4 N–H and O–H groups in total. The van der Waals surface area contributed by atoms with Gasteiger partial charge in [0, 0.05) is 12.5 Å². The maximum absolute atomic E-state index is 11.0. The van der Waals surface area contributed by atoms with Crippen LogP contribution in [0, 0.1) is 5.92 Å². The highest BCUT2D eigenvalue weighted by Gasteiger charge is 2.45. The normalized spacial score (nSPS) is 37.5. The van der Waals surface area contributed by atoms with Crippen molar-refractivity contribution in [2.45, 2.75) is 24.7 Å². The zero-order chi connectivity index (χ0) is 12.6. The van der Waals surface area contributed by atoms with Gasteiger partial charge in [0.1, 0.15) is 18.1 Å². The van der Waals surface area contributed by atoms with E-state index in [-0.39, 0.29) is 18.3 Å². The molecule has 7 heteroatoms. The molecule has 1 saturated carbocycles. The minimum atomic E-state index is -1.03. The second-order valence-corrected chi connectivity index (χ2v) is 4.25. The summed E-state index contributed by atoms with van der Waals surface area (Å²) in [6.45, 7) is 3.42. The average Bonchev–Trinajstić information content (AvgIpc) is 2.57. The van der Waals surface area contributed by atoms with Crippen LogP contribution < -0.4 is 5.32 Å². The van der Waals surface area contributed by atoms with Crippen LogP contribution in [0.4, 0.5) is 0 Å². The zero-order valence-electron chi connectivity index (χ0n) is 9.15. The first kappa shape index (κ1) is 12.0. The standard InChI is InChI=1S/C10H15N3O4/c1-5-12-8(15)3-11-13(5)7-2-6(4-14)9(16)10(7)17/h3,6-7,9-10,14,16-17H,1-2,4H2,(H,12,15)/t6-,7-,9+,10?/m1/s1. The molecule has 0 aromatic carbocycles. The van der Waals surface area contributed by atoms with Gasteiger partial charge in [-0.15, -0.1) is 0 Å². The Hall–Kier alpha value is -1.44. The van der Waals surface area contributed by atoms with Crippen molar-refractivity contribution in [2.24, 2.45) is 11.0 Å². The Labute approximate surface area is 98.0 Å². The van der Waals surface area contributed by atoms with E-state index in [4.69, 9.17) is 5.11 Å². The first-order valence-electron chi connectivity index (χ1n) is 5.34. The van der Waals surface area contributed by atoms with E-state index >= 15 is 0 Å². The van der Waals surface area contributed by atoms with Crippen molar-refractivity contribution < 1.29 is 20.1 Å². The molecule has 2 aliphatic rings. The molecule has 7 nitrogen and oxygen atoms in total. The predicted molar refractivity (Wildman–Crippen MR) is 58.6 cm³/mol. The Kier molecular flexibility index (Phi) is 3.14. The van der Waals surface area contributed by atoms with Crippen LogP contribution in [0.25, 0.3) is 0 Å². The number of aliphatic hydroxyl groups excluding tert-OH is 3. The third-order valence-corrected chi connectivity index (χ3v) is 3.16. The van der Waals surface area contributed by atoms with Crippen molar-refractivity contribution in [3.05, 3.63) is 12.4 Å². The van der Waals surface area contributed by atoms with Crippen molar-refractivity contribution in [1.29, 1.82) is 0 Å². The van der Waals surface area contributed by atoms with Crippen LogP contribution >= 0.6 is 0 Å². The maximum Gasteiger partial charge on any atom is 0.269 e. The predicted octanol–water partition coefficient (Wildman–Crippen LogP) is -2.02. The molecule has 1 fully saturated rings. The molecule has 1 amide bonds. The van der Waals surface area contributed by atoms with Gasteiger partial charge >= 0.3 is 0 Å². The molecule has 0 aromatic heterocycles. The smallest absolute Gasteiger partial charge is 0.269 e. The van der Waals surface area contributed by atoms with Crippen LogP contribution in [0.3, 0.4) is 0 Å². The van der Waals surface area contributed by atoms with Crippen molar-refractivity contribution in [3.8, 4) is 0 Å². The Morgan fingerprint density at radius 2 is 2.24 bits per heavy atom. The first-order valence-corrected chi connectivity index (χ1v) is 5.34. The lowest BCUT2D eigenvalue weighted by Crippen LogP contribution is -2.47. The van der Waals surface area contributed by atoms with Gasteiger partial charge in [-0.2, -0.15) is 5.10 Å². The lowest BCUT2D eigenvalue weighted by atomic mass is 10.1. The van der Waals surface area contributed by atoms with Gasteiger partial charge in [0.15, 0.2) is 0 Å². The molecule has 2 rings (SSSR count). The van der Waals surface area contributed by atoms with Gasteiger partial charge < -0.3 is 20.6 Å². The fourth-order valence-corrected chi connectivity index (χ4v) is 2.22. The van der Waals surface area contributed by atoms with E-state index in [2.05, 4.69) is 17.0 Å². The van der Waals surface area contributed by atoms with E-state index < -0.39 is 24.2 Å². The molecule has 0 bridgehead atoms. The van der Waals surface area contributed by atoms with Crippen molar-refractivity contribution in [1.82, 2.24) is 10.3 Å². The largest absolute Gasteiger partial charge is 0.396 e. The Bertz CT molecular complexity index is 371. The highest BCUT2D eigenvalue weighted by atomic mass is 16.3. The fraction of sp³-hybridized carbons (Fsp3) is 0.600. The van der Waals surface area contributed by atoms with E-state index in [0.29, 0.717) is 6.42 Å². The summed E-state index contributed by atoms with van der Waals surface area (Å²) in [4.78, 5) is 11.0. The van der Waals surface area contributed by atoms with Gasteiger partial charge in [0.25, 0.3) is 5.91 Å². The molecule has 1 aliphatic carbocycles. The summed E-state index contributed by atoms with van der Waals surface area (Å²) >= 11 is 0. The molecular formula is C10H15N3O4. The number of amides is 1.